The third kappa shape index (κ3) is 4.05. The SMILES string of the molecule is CCCN(CCC)C(=O)CC(CN1C(=O)c2ccccc2C1=O)c1c[nH]c2ccccc12. The lowest BCUT2D eigenvalue weighted by atomic mass is 9.93. The van der Waals surface area contributed by atoms with E-state index in [0.717, 1.165) is 29.3 Å². The van der Waals surface area contributed by atoms with Gasteiger partial charge in [0.2, 0.25) is 5.91 Å². The summed E-state index contributed by atoms with van der Waals surface area (Å²) >= 11 is 0. The Morgan fingerprint density at radius 2 is 1.53 bits per heavy atom. The Morgan fingerprint density at radius 1 is 0.938 bits per heavy atom. The maximum atomic E-state index is 13.2. The van der Waals surface area contributed by atoms with Crippen molar-refractivity contribution in [3.8, 4) is 0 Å². The van der Waals surface area contributed by atoms with Gasteiger partial charge in [-0.25, -0.2) is 0 Å². The molecule has 0 saturated carbocycles. The van der Waals surface area contributed by atoms with Crippen molar-refractivity contribution in [3.05, 3.63) is 71.4 Å². The van der Waals surface area contributed by atoms with E-state index < -0.39 is 0 Å². The van der Waals surface area contributed by atoms with E-state index in [9.17, 15) is 14.4 Å². The molecule has 2 aromatic carbocycles. The summed E-state index contributed by atoms with van der Waals surface area (Å²) < 4.78 is 0. The molecule has 6 nitrogen and oxygen atoms in total. The highest BCUT2D eigenvalue weighted by Gasteiger charge is 2.37. The predicted molar refractivity (Wildman–Crippen MR) is 125 cm³/mol. The minimum atomic E-state index is -0.294. The molecule has 3 aromatic rings. The second-order valence-electron chi connectivity index (χ2n) is 8.34. The lowest BCUT2D eigenvalue weighted by Gasteiger charge is -2.26. The second kappa shape index (κ2) is 9.39. The quantitative estimate of drug-likeness (QED) is 0.504. The number of rotatable bonds is 9. The van der Waals surface area contributed by atoms with Crippen molar-refractivity contribution in [1.82, 2.24) is 14.8 Å². The van der Waals surface area contributed by atoms with Crippen LogP contribution >= 0.6 is 0 Å². The molecule has 2 heterocycles. The molecule has 6 heteroatoms. The van der Waals surface area contributed by atoms with Crippen molar-refractivity contribution in [3.63, 3.8) is 0 Å². The molecular weight excluding hydrogens is 402 g/mol. The average molecular weight is 432 g/mol. The van der Waals surface area contributed by atoms with Crippen LogP contribution in [0.1, 0.15) is 65.3 Å². The molecule has 1 aliphatic heterocycles. The van der Waals surface area contributed by atoms with Crippen LogP contribution in [0.4, 0.5) is 0 Å². The zero-order valence-corrected chi connectivity index (χ0v) is 18.6. The maximum absolute atomic E-state index is 13.2. The molecule has 1 unspecified atom stereocenters. The first-order chi connectivity index (χ1) is 15.5. The number of para-hydroxylation sites is 1. The summed E-state index contributed by atoms with van der Waals surface area (Å²) in [7, 11) is 0. The van der Waals surface area contributed by atoms with Gasteiger partial charge < -0.3 is 9.88 Å². The minimum absolute atomic E-state index is 0.0561. The summed E-state index contributed by atoms with van der Waals surface area (Å²) in [5.41, 5.74) is 2.79. The Bertz CT molecular complexity index is 1110. The molecule has 1 aromatic heterocycles. The van der Waals surface area contributed by atoms with Crippen molar-refractivity contribution in [2.24, 2.45) is 0 Å². The summed E-state index contributed by atoms with van der Waals surface area (Å²) in [5, 5.41) is 1.01. The molecule has 1 N–H and O–H groups in total. The molecular formula is C26H29N3O3. The number of nitrogens with one attached hydrogen (secondary N) is 1. The predicted octanol–water partition coefficient (Wildman–Crippen LogP) is 4.59. The third-order valence-corrected chi connectivity index (χ3v) is 6.10. The van der Waals surface area contributed by atoms with Gasteiger partial charge in [-0.2, -0.15) is 0 Å². The minimum Gasteiger partial charge on any atom is -0.361 e. The van der Waals surface area contributed by atoms with Gasteiger partial charge in [-0.1, -0.05) is 44.2 Å². The first-order valence-corrected chi connectivity index (χ1v) is 11.3. The number of carbonyl (C=O) groups excluding carboxylic acids is 3. The number of aromatic amines is 1. The standard InChI is InChI=1S/C26H29N3O3/c1-3-13-28(14-4-2)24(30)15-18(22-16-27-23-12-8-7-9-19(22)23)17-29-25(31)20-10-5-6-11-21(20)26(29)32/h5-12,16,18,27H,3-4,13-15,17H2,1-2H3. The highest BCUT2D eigenvalue weighted by atomic mass is 16.2. The lowest BCUT2D eigenvalue weighted by molar-refractivity contribution is -0.131. The Labute approximate surface area is 188 Å². The van der Waals surface area contributed by atoms with Crippen LogP contribution in [0, 0.1) is 0 Å². The van der Waals surface area contributed by atoms with Gasteiger partial charge in [-0.05, 0) is 36.6 Å². The van der Waals surface area contributed by atoms with E-state index in [1.54, 1.807) is 24.3 Å². The number of carbonyl (C=O) groups is 3. The number of nitrogens with zero attached hydrogens (tertiary/aromatic N) is 2. The molecule has 0 radical (unpaired) electrons. The normalized spacial score (nSPS) is 14.1. The lowest BCUT2D eigenvalue weighted by Crippen LogP contribution is -2.38. The maximum Gasteiger partial charge on any atom is 0.261 e. The molecule has 0 saturated heterocycles. The van der Waals surface area contributed by atoms with Crippen LogP contribution in [0.5, 0.6) is 0 Å². The summed E-state index contributed by atoms with van der Waals surface area (Å²) in [6.07, 6.45) is 3.93. The smallest absolute Gasteiger partial charge is 0.261 e. The van der Waals surface area contributed by atoms with Crippen LogP contribution < -0.4 is 0 Å². The van der Waals surface area contributed by atoms with Gasteiger partial charge >= 0.3 is 0 Å². The number of H-pyrrole nitrogens is 1. The van der Waals surface area contributed by atoms with Crippen molar-refractivity contribution in [2.75, 3.05) is 19.6 Å². The fourth-order valence-electron chi connectivity index (χ4n) is 4.57. The van der Waals surface area contributed by atoms with Crippen molar-refractivity contribution >= 4 is 28.6 Å². The fourth-order valence-corrected chi connectivity index (χ4v) is 4.57. The van der Waals surface area contributed by atoms with E-state index in [1.165, 1.54) is 4.90 Å². The molecule has 3 amide bonds. The number of amides is 3. The monoisotopic (exact) mass is 431 g/mol. The summed E-state index contributed by atoms with van der Waals surface area (Å²) in [4.78, 5) is 45.7. The Kier molecular flexibility index (Phi) is 6.40. The summed E-state index contributed by atoms with van der Waals surface area (Å²) in [5.74, 6) is -0.818. The zero-order valence-electron chi connectivity index (χ0n) is 18.6. The van der Waals surface area contributed by atoms with Gasteiger partial charge in [-0.3, -0.25) is 19.3 Å². The zero-order chi connectivity index (χ0) is 22.7. The first-order valence-electron chi connectivity index (χ1n) is 11.3. The Balaban J connectivity index is 1.66. The van der Waals surface area contributed by atoms with Gasteiger partial charge in [0.25, 0.3) is 11.8 Å². The van der Waals surface area contributed by atoms with Crippen molar-refractivity contribution in [2.45, 2.75) is 39.0 Å². The second-order valence-corrected chi connectivity index (χ2v) is 8.34. The first kappa shape index (κ1) is 21.8. The van der Waals surface area contributed by atoms with E-state index in [1.807, 2.05) is 35.4 Å². The number of fused-ring (bicyclic) bond motifs is 2. The van der Waals surface area contributed by atoms with Gasteiger partial charge in [0.05, 0.1) is 11.1 Å². The van der Waals surface area contributed by atoms with E-state index in [4.69, 9.17) is 0 Å². The van der Waals surface area contributed by atoms with Crippen molar-refractivity contribution < 1.29 is 14.4 Å². The highest BCUT2D eigenvalue weighted by Crippen LogP contribution is 2.32. The van der Waals surface area contributed by atoms with Crippen molar-refractivity contribution in [1.29, 1.82) is 0 Å². The molecule has 32 heavy (non-hydrogen) atoms. The molecule has 0 bridgehead atoms. The van der Waals surface area contributed by atoms with E-state index in [2.05, 4.69) is 18.8 Å². The van der Waals surface area contributed by atoms with Gasteiger partial charge in [0.15, 0.2) is 0 Å². The van der Waals surface area contributed by atoms with Crippen LogP contribution in [-0.4, -0.2) is 52.1 Å². The average Bonchev–Trinajstić information content (AvgIpc) is 3.34. The number of aromatic nitrogens is 1. The van der Waals surface area contributed by atoms with Crippen LogP contribution in [0.2, 0.25) is 0 Å². The summed E-state index contributed by atoms with van der Waals surface area (Å²) in [6, 6.07) is 14.8. The van der Waals surface area contributed by atoms with Crippen LogP contribution in [0.25, 0.3) is 10.9 Å². The number of benzene rings is 2. The van der Waals surface area contributed by atoms with Gasteiger partial charge in [-0.15, -0.1) is 0 Å². The van der Waals surface area contributed by atoms with E-state index in [-0.39, 0.29) is 36.6 Å². The number of hydrogen-bond donors (Lipinski definition) is 1. The molecule has 0 fully saturated rings. The van der Waals surface area contributed by atoms with Crippen LogP contribution in [-0.2, 0) is 4.79 Å². The molecule has 166 valence electrons. The van der Waals surface area contributed by atoms with E-state index in [0.29, 0.717) is 24.2 Å². The van der Waals surface area contributed by atoms with Crippen LogP contribution in [0.15, 0.2) is 54.7 Å². The van der Waals surface area contributed by atoms with Crippen LogP contribution in [0.3, 0.4) is 0 Å². The molecule has 1 atom stereocenters. The molecule has 0 aliphatic carbocycles. The highest BCUT2D eigenvalue weighted by molar-refractivity contribution is 6.21. The topological polar surface area (TPSA) is 73.5 Å². The number of hydrogen-bond acceptors (Lipinski definition) is 3. The fraction of sp³-hybridized carbons (Fsp3) is 0.346. The Morgan fingerprint density at radius 3 is 2.16 bits per heavy atom. The van der Waals surface area contributed by atoms with E-state index >= 15 is 0 Å². The van der Waals surface area contributed by atoms with Gasteiger partial charge in [0, 0.05) is 49.1 Å². The third-order valence-electron chi connectivity index (χ3n) is 6.10. The molecule has 4 rings (SSSR count). The Hall–Kier alpha value is -3.41. The molecule has 1 aliphatic rings. The number of imide groups is 1. The largest absolute Gasteiger partial charge is 0.361 e. The summed E-state index contributed by atoms with van der Waals surface area (Å²) in [6.45, 7) is 5.71. The molecule has 0 spiro atoms. The van der Waals surface area contributed by atoms with Gasteiger partial charge in [0.1, 0.15) is 0 Å².